The molecular formula is C31H40BN3O5. The normalized spacial score (nSPS) is 18.2. The summed E-state index contributed by atoms with van der Waals surface area (Å²) in [7, 11) is -0.675. The number of ketones is 1. The smallest absolute Gasteiger partial charge is 0.460 e. The summed E-state index contributed by atoms with van der Waals surface area (Å²) in [6, 6.07) is 12.8. The molecule has 0 aliphatic carbocycles. The first kappa shape index (κ1) is 29.9. The topological polar surface area (TPSA) is 127 Å². The van der Waals surface area contributed by atoms with E-state index in [2.05, 4.69) is 4.98 Å². The number of benzene rings is 2. The van der Waals surface area contributed by atoms with Crippen molar-refractivity contribution in [2.75, 3.05) is 6.54 Å². The van der Waals surface area contributed by atoms with E-state index in [1.54, 1.807) is 12.4 Å². The van der Waals surface area contributed by atoms with Crippen molar-refractivity contribution in [2.45, 2.75) is 77.7 Å². The standard InChI is InChI=1S/C31H40BN3O5/c1-19(2)12-28(34)30(37)38-18-25-9-8-23(15-27(25)32-39-20(3)31(4,5)40-32)26(16-33)29(36)14-21-6-7-24-17-35-11-10-22(24)13-21/h6-11,13,15,17,19-20,26,28H,12,14,16,18,33-34H2,1-5H3/t20?,26?,28-/m0/s1. The van der Waals surface area contributed by atoms with Gasteiger partial charge in [-0.25, -0.2) is 0 Å². The number of ether oxygens (including phenoxy) is 1. The van der Waals surface area contributed by atoms with Gasteiger partial charge in [-0.15, -0.1) is 0 Å². The molecule has 1 aliphatic rings. The van der Waals surface area contributed by atoms with E-state index in [0.717, 1.165) is 27.5 Å². The Labute approximate surface area is 236 Å². The molecule has 4 N–H and O–H groups in total. The summed E-state index contributed by atoms with van der Waals surface area (Å²) in [6.07, 6.45) is 4.18. The number of rotatable bonds is 11. The third-order valence-corrected chi connectivity index (χ3v) is 7.65. The summed E-state index contributed by atoms with van der Waals surface area (Å²) in [6.45, 7) is 10.1. The lowest BCUT2D eigenvalue weighted by Crippen LogP contribution is -2.39. The predicted octanol–water partition coefficient (Wildman–Crippen LogP) is 3.41. The van der Waals surface area contributed by atoms with Gasteiger partial charge in [-0.1, -0.05) is 50.2 Å². The molecule has 3 atom stereocenters. The van der Waals surface area contributed by atoms with Crippen LogP contribution < -0.4 is 16.9 Å². The van der Waals surface area contributed by atoms with Gasteiger partial charge in [0.15, 0.2) is 0 Å². The van der Waals surface area contributed by atoms with Crippen LogP contribution >= 0.6 is 0 Å². The van der Waals surface area contributed by atoms with Crippen LogP contribution in [0.25, 0.3) is 10.8 Å². The molecule has 0 radical (unpaired) electrons. The van der Waals surface area contributed by atoms with Crippen molar-refractivity contribution in [3.05, 3.63) is 71.5 Å². The van der Waals surface area contributed by atoms with Crippen molar-refractivity contribution >= 4 is 35.1 Å². The van der Waals surface area contributed by atoms with Gasteiger partial charge in [0.1, 0.15) is 18.4 Å². The number of carbonyl (C=O) groups excluding carboxylic acids is 2. The molecule has 0 amide bonds. The molecule has 1 saturated heterocycles. The Morgan fingerprint density at radius 3 is 2.58 bits per heavy atom. The fraction of sp³-hybridized carbons (Fsp3) is 0.452. The highest BCUT2D eigenvalue weighted by atomic mass is 16.7. The lowest BCUT2D eigenvalue weighted by molar-refractivity contribution is -0.146. The van der Waals surface area contributed by atoms with Crippen molar-refractivity contribution in [2.24, 2.45) is 17.4 Å². The summed E-state index contributed by atoms with van der Waals surface area (Å²) in [5.41, 5.74) is 14.8. The van der Waals surface area contributed by atoms with Gasteiger partial charge in [0.2, 0.25) is 0 Å². The number of fused-ring (bicyclic) bond motifs is 1. The van der Waals surface area contributed by atoms with Gasteiger partial charge < -0.3 is 25.5 Å². The summed E-state index contributed by atoms with van der Waals surface area (Å²) in [5.74, 6) is -0.678. The highest BCUT2D eigenvalue weighted by Gasteiger charge is 2.45. The molecule has 9 heteroatoms. The number of hydrogen-bond acceptors (Lipinski definition) is 8. The van der Waals surface area contributed by atoms with Crippen LogP contribution in [0.4, 0.5) is 0 Å². The third-order valence-electron chi connectivity index (χ3n) is 7.65. The Hall–Kier alpha value is -3.11. The number of hydrogen-bond donors (Lipinski definition) is 2. The maximum atomic E-state index is 13.5. The molecule has 2 unspecified atom stereocenters. The molecule has 212 valence electrons. The van der Waals surface area contributed by atoms with Crippen LogP contribution in [0.15, 0.2) is 54.9 Å². The quantitative estimate of drug-likeness (QED) is 0.277. The Morgan fingerprint density at radius 1 is 1.12 bits per heavy atom. The molecule has 0 bridgehead atoms. The van der Waals surface area contributed by atoms with Crippen molar-refractivity contribution in [1.82, 2.24) is 4.98 Å². The molecule has 0 saturated carbocycles. The molecule has 1 aromatic heterocycles. The van der Waals surface area contributed by atoms with Crippen LogP contribution in [-0.4, -0.2) is 48.1 Å². The minimum absolute atomic E-state index is 0.0163. The van der Waals surface area contributed by atoms with E-state index < -0.39 is 30.6 Å². The second-order valence-corrected chi connectivity index (χ2v) is 11.6. The molecule has 4 rings (SSSR count). The van der Waals surface area contributed by atoms with E-state index in [-0.39, 0.29) is 37.4 Å². The molecule has 1 aliphatic heterocycles. The predicted molar refractivity (Wildman–Crippen MR) is 157 cm³/mol. The molecule has 8 nitrogen and oxygen atoms in total. The minimum atomic E-state index is -0.689. The second kappa shape index (κ2) is 12.6. The molecule has 1 fully saturated rings. The van der Waals surface area contributed by atoms with Gasteiger partial charge in [-0.3, -0.25) is 14.6 Å². The summed E-state index contributed by atoms with van der Waals surface area (Å²) < 4.78 is 18.0. The summed E-state index contributed by atoms with van der Waals surface area (Å²) >= 11 is 0. The largest absolute Gasteiger partial charge is 0.495 e. The molecule has 40 heavy (non-hydrogen) atoms. The zero-order valence-corrected chi connectivity index (χ0v) is 24.1. The van der Waals surface area contributed by atoms with E-state index >= 15 is 0 Å². The molecule has 3 aromatic rings. The van der Waals surface area contributed by atoms with E-state index in [9.17, 15) is 9.59 Å². The summed E-state index contributed by atoms with van der Waals surface area (Å²) in [4.78, 5) is 30.2. The number of nitrogens with zero attached hydrogens (tertiary/aromatic N) is 1. The maximum Gasteiger partial charge on any atom is 0.495 e. The maximum absolute atomic E-state index is 13.5. The molecule has 0 spiro atoms. The van der Waals surface area contributed by atoms with E-state index in [1.165, 1.54) is 0 Å². The Bertz CT molecular complexity index is 1360. The zero-order chi connectivity index (χ0) is 29.0. The summed E-state index contributed by atoms with van der Waals surface area (Å²) in [5, 5.41) is 2.06. The highest BCUT2D eigenvalue weighted by Crippen LogP contribution is 2.28. The highest BCUT2D eigenvalue weighted by molar-refractivity contribution is 6.62. The number of esters is 1. The monoisotopic (exact) mass is 545 g/mol. The van der Waals surface area contributed by atoms with E-state index in [1.807, 2.05) is 77.1 Å². The van der Waals surface area contributed by atoms with Crippen molar-refractivity contribution in [1.29, 1.82) is 0 Å². The molecule has 2 aromatic carbocycles. The SMILES string of the molecule is CC(C)C[C@H](N)C(=O)OCc1ccc(C(CN)C(=O)Cc2ccc3cnccc3c2)cc1B1OC(C)C(C)(C)O1. The fourth-order valence-corrected chi connectivity index (χ4v) is 4.95. The average Bonchev–Trinajstić information content (AvgIpc) is 3.19. The second-order valence-electron chi connectivity index (χ2n) is 11.6. The van der Waals surface area contributed by atoms with E-state index in [4.69, 9.17) is 25.5 Å². The van der Waals surface area contributed by atoms with Crippen molar-refractivity contribution in [3.8, 4) is 0 Å². The number of carbonyl (C=O) groups is 2. The lowest BCUT2D eigenvalue weighted by Gasteiger charge is -2.22. The zero-order valence-electron chi connectivity index (χ0n) is 24.1. The molecule has 2 heterocycles. The first-order valence-electron chi connectivity index (χ1n) is 13.9. The van der Waals surface area contributed by atoms with Gasteiger partial charge in [-0.05, 0) is 66.7 Å². The number of Topliss-reactive ketones (excluding diaryl/α,β-unsaturated/α-hetero) is 1. The van der Waals surface area contributed by atoms with Crippen LogP contribution in [0.1, 0.15) is 63.6 Å². The van der Waals surface area contributed by atoms with Crippen molar-refractivity contribution < 1.29 is 23.6 Å². The minimum Gasteiger partial charge on any atom is -0.460 e. The van der Waals surface area contributed by atoms with Crippen molar-refractivity contribution in [3.63, 3.8) is 0 Å². The van der Waals surface area contributed by atoms with E-state index in [0.29, 0.717) is 11.9 Å². The Kier molecular flexibility index (Phi) is 9.41. The van der Waals surface area contributed by atoms with Crippen LogP contribution in [0.3, 0.4) is 0 Å². The fourth-order valence-electron chi connectivity index (χ4n) is 4.95. The number of aromatic nitrogens is 1. The van der Waals surface area contributed by atoms with Gasteiger partial charge >= 0.3 is 13.1 Å². The van der Waals surface area contributed by atoms with Crippen LogP contribution in [-0.2, 0) is 36.7 Å². The number of nitrogens with two attached hydrogens (primary N) is 2. The number of pyridine rings is 1. The van der Waals surface area contributed by atoms with Gasteiger partial charge in [-0.2, -0.15) is 0 Å². The average molecular weight is 545 g/mol. The van der Waals surface area contributed by atoms with Gasteiger partial charge in [0.05, 0.1) is 17.6 Å². The Morgan fingerprint density at radius 2 is 1.90 bits per heavy atom. The van der Waals surface area contributed by atoms with Crippen LogP contribution in [0.2, 0.25) is 0 Å². The van der Waals surface area contributed by atoms with Gasteiger partial charge in [0, 0.05) is 30.7 Å². The Balaban J connectivity index is 1.58. The molecular weight excluding hydrogens is 505 g/mol. The van der Waals surface area contributed by atoms with Crippen LogP contribution in [0, 0.1) is 5.92 Å². The first-order chi connectivity index (χ1) is 19.0. The lowest BCUT2D eigenvalue weighted by atomic mass is 9.74. The third kappa shape index (κ3) is 6.96. The van der Waals surface area contributed by atoms with Gasteiger partial charge in [0.25, 0.3) is 0 Å². The first-order valence-corrected chi connectivity index (χ1v) is 13.9. The van der Waals surface area contributed by atoms with Crippen LogP contribution in [0.5, 0.6) is 0 Å².